The maximum absolute atomic E-state index is 5.34. The van der Waals surface area contributed by atoms with Crippen molar-refractivity contribution < 1.29 is 4.42 Å². The Hall–Kier alpha value is -2.01. The summed E-state index contributed by atoms with van der Waals surface area (Å²) < 4.78 is 5.34. The molecule has 1 aliphatic rings. The van der Waals surface area contributed by atoms with Gasteiger partial charge < -0.3 is 4.42 Å². The highest BCUT2D eigenvalue weighted by Gasteiger charge is 2.15. The van der Waals surface area contributed by atoms with E-state index in [0.29, 0.717) is 0 Å². The molecule has 0 bridgehead atoms. The van der Waals surface area contributed by atoms with Crippen LogP contribution in [-0.2, 0) is 0 Å². The molecule has 1 aliphatic heterocycles. The molecule has 0 amide bonds. The van der Waals surface area contributed by atoms with Crippen LogP contribution in [0.1, 0.15) is 16.9 Å². The predicted octanol–water partition coefficient (Wildman–Crippen LogP) is 3.62. The smallest absolute Gasteiger partial charge is 0.182 e. The molecule has 0 saturated heterocycles. The van der Waals surface area contributed by atoms with Crippen LogP contribution in [0.4, 0.5) is 5.69 Å². The van der Waals surface area contributed by atoms with E-state index in [4.69, 9.17) is 4.42 Å². The average molecular weight is 285 g/mol. The van der Waals surface area contributed by atoms with E-state index in [2.05, 4.69) is 35.4 Å². The van der Waals surface area contributed by atoms with Crippen LogP contribution < -0.4 is 5.43 Å². The molecule has 0 radical (unpaired) electrons. The Balaban J connectivity index is 1.81. The highest BCUT2D eigenvalue weighted by molar-refractivity contribution is 8.14. The van der Waals surface area contributed by atoms with Gasteiger partial charge in [0, 0.05) is 5.75 Å². The maximum Gasteiger partial charge on any atom is 0.182 e. The topological polar surface area (TPSA) is 49.9 Å². The predicted molar refractivity (Wildman–Crippen MR) is 83.8 cm³/mol. The van der Waals surface area contributed by atoms with Gasteiger partial charge >= 0.3 is 0 Å². The van der Waals surface area contributed by atoms with Crippen molar-refractivity contribution in [3.05, 3.63) is 53.5 Å². The fourth-order valence-corrected chi connectivity index (χ4v) is 2.66. The third-order valence-electron chi connectivity index (χ3n) is 3.24. The second-order valence-corrected chi connectivity index (χ2v) is 5.54. The van der Waals surface area contributed by atoms with Gasteiger partial charge in [-0.3, -0.25) is 5.43 Å². The fourth-order valence-electron chi connectivity index (χ4n) is 1.91. The van der Waals surface area contributed by atoms with Crippen molar-refractivity contribution in [3.8, 4) is 0 Å². The Kier molecular flexibility index (Phi) is 3.60. The summed E-state index contributed by atoms with van der Waals surface area (Å²) in [6.07, 6.45) is 1.65. The first-order chi connectivity index (χ1) is 9.74. The zero-order valence-electron chi connectivity index (χ0n) is 11.4. The first kappa shape index (κ1) is 13.0. The molecule has 0 unspecified atom stereocenters. The molecule has 20 heavy (non-hydrogen) atoms. The number of amidine groups is 1. The normalized spacial score (nSPS) is 16.9. The number of hydrogen-bond acceptors (Lipinski definition) is 4. The minimum atomic E-state index is 0.754. The molecular formula is C15H15N3OS. The molecule has 1 aromatic heterocycles. The van der Waals surface area contributed by atoms with Crippen LogP contribution in [0.5, 0.6) is 0 Å². The quantitative estimate of drug-likeness (QED) is 0.916. The summed E-state index contributed by atoms with van der Waals surface area (Å²) in [5, 5.41) is 5.14. The largest absolute Gasteiger partial charge is 0.463 e. The van der Waals surface area contributed by atoms with Crippen LogP contribution in [-0.4, -0.2) is 16.6 Å². The summed E-state index contributed by atoms with van der Waals surface area (Å²) in [7, 11) is 0. The van der Waals surface area contributed by atoms with Crippen LogP contribution in [0.25, 0.3) is 0 Å². The molecule has 0 aliphatic carbocycles. The molecule has 5 heteroatoms. The van der Waals surface area contributed by atoms with E-state index in [-0.39, 0.29) is 0 Å². The van der Waals surface area contributed by atoms with Crippen molar-refractivity contribution >= 4 is 28.3 Å². The number of nitrogens with zero attached hydrogens (tertiary/aromatic N) is 2. The van der Waals surface area contributed by atoms with Gasteiger partial charge in [0.05, 0.1) is 12.0 Å². The molecule has 0 saturated carbocycles. The molecule has 1 N–H and O–H groups in total. The molecule has 2 heterocycles. The summed E-state index contributed by atoms with van der Waals surface area (Å²) >= 11 is 1.63. The van der Waals surface area contributed by atoms with Gasteiger partial charge in [0.1, 0.15) is 5.71 Å². The Labute approximate surface area is 122 Å². The first-order valence-electron chi connectivity index (χ1n) is 6.38. The van der Waals surface area contributed by atoms with Crippen LogP contribution in [0.15, 0.2) is 51.1 Å². The van der Waals surface area contributed by atoms with Gasteiger partial charge in [-0.25, -0.2) is 4.99 Å². The molecule has 1 aromatic carbocycles. The summed E-state index contributed by atoms with van der Waals surface area (Å²) in [6.45, 7) is 4.17. The lowest BCUT2D eigenvalue weighted by Crippen LogP contribution is -2.24. The molecule has 4 nitrogen and oxygen atoms in total. The van der Waals surface area contributed by atoms with E-state index in [1.165, 1.54) is 11.1 Å². The number of rotatable bonds is 2. The molecule has 0 fully saturated rings. The van der Waals surface area contributed by atoms with Gasteiger partial charge in [0.15, 0.2) is 10.9 Å². The third kappa shape index (κ3) is 2.63. The van der Waals surface area contributed by atoms with Crippen molar-refractivity contribution in [2.45, 2.75) is 13.8 Å². The van der Waals surface area contributed by atoms with E-state index in [9.17, 15) is 0 Å². The van der Waals surface area contributed by atoms with Gasteiger partial charge in [0.2, 0.25) is 0 Å². The number of thioether (sulfide) groups is 1. The monoisotopic (exact) mass is 285 g/mol. The number of aliphatic imine (C=N–C) groups is 1. The minimum absolute atomic E-state index is 0.754. The minimum Gasteiger partial charge on any atom is -0.463 e. The summed E-state index contributed by atoms with van der Waals surface area (Å²) in [4.78, 5) is 4.63. The first-order valence-corrected chi connectivity index (χ1v) is 7.37. The van der Waals surface area contributed by atoms with Gasteiger partial charge in [-0.15, -0.1) is 0 Å². The Bertz CT molecular complexity index is 674. The number of benzene rings is 1. The number of hydrazone groups is 1. The Morgan fingerprint density at radius 3 is 2.85 bits per heavy atom. The van der Waals surface area contributed by atoms with Gasteiger partial charge in [-0.2, -0.15) is 5.10 Å². The Morgan fingerprint density at radius 2 is 2.15 bits per heavy atom. The SMILES string of the molecule is Cc1cccc(N=C2NN=C(c3ccco3)CS2)c1C. The van der Waals surface area contributed by atoms with Gasteiger partial charge in [0.25, 0.3) is 0 Å². The van der Waals surface area contributed by atoms with E-state index in [1.54, 1.807) is 18.0 Å². The van der Waals surface area contributed by atoms with Crippen LogP contribution >= 0.6 is 11.8 Å². The van der Waals surface area contributed by atoms with Crippen molar-refractivity contribution in [2.75, 3.05) is 5.75 Å². The molecule has 3 rings (SSSR count). The van der Waals surface area contributed by atoms with Crippen LogP contribution in [0, 0.1) is 13.8 Å². The number of hydrogen-bond donors (Lipinski definition) is 1. The lowest BCUT2D eigenvalue weighted by molar-refractivity contribution is 0.556. The molecule has 0 spiro atoms. The van der Waals surface area contributed by atoms with Crippen molar-refractivity contribution in [2.24, 2.45) is 10.1 Å². The average Bonchev–Trinajstić information content (AvgIpc) is 2.99. The lowest BCUT2D eigenvalue weighted by Gasteiger charge is -2.13. The van der Waals surface area contributed by atoms with E-state index in [0.717, 1.165) is 28.1 Å². The van der Waals surface area contributed by atoms with Crippen molar-refractivity contribution in [1.29, 1.82) is 0 Å². The fraction of sp³-hybridized carbons (Fsp3) is 0.200. The number of furan rings is 1. The van der Waals surface area contributed by atoms with Crippen molar-refractivity contribution in [3.63, 3.8) is 0 Å². The summed E-state index contributed by atoms with van der Waals surface area (Å²) in [6, 6.07) is 9.90. The molecule has 2 aromatic rings. The highest BCUT2D eigenvalue weighted by Crippen LogP contribution is 2.24. The third-order valence-corrected chi connectivity index (χ3v) is 4.11. The maximum atomic E-state index is 5.34. The number of aryl methyl sites for hydroxylation is 1. The van der Waals surface area contributed by atoms with E-state index in [1.807, 2.05) is 24.3 Å². The summed E-state index contributed by atoms with van der Waals surface area (Å²) in [5.74, 6) is 1.56. The highest BCUT2D eigenvalue weighted by atomic mass is 32.2. The van der Waals surface area contributed by atoms with Crippen molar-refractivity contribution in [1.82, 2.24) is 5.43 Å². The lowest BCUT2D eigenvalue weighted by atomic mass is 10.1. The number of nitrogens with one attached hydrogen (secondary N) is 1. The zero-order valence-corrected chi connectivity index (χ0v) is 12.2. The zero-order chi connectivity index (χ0) is 13.9. The van der Waals surface area contributed by atoms with Gasteiger partial charge in [-0.1, -0.05) is 23.9 Å². The standard InChI is InChI=1S/C15H15N3OS/c1-10-5-3-6-12(11(10)2)16-15-18-17-13(9-20-15)14-7-4-8-19-14/h3-8H,9H2,1-2H3,(H,16,18). The summed E-state index contributed by atoms with van der Waals surface area (Å²) in [5.41, 5.74) is 7.32. The second-order valence-electron chi connectivity index (χ2n) is 4.57. The van der Waals surface area contributed by atoms with E-state index < -0.39 is 0 Å². The molecule has 102 valence electrons. The van der Waals surface area contributed by atoms with Crippen LogP contribution in [0.3, 0.4) is 0 Å². The van der Waals surface area contributed by atoms with Crippen LogP contribution in [0.2, 0.25) is 0 Å². The second kappa shape index (κ2) is 5.54. The van der Waals surface area contributed by atoms with E-state index >= 15 is 0 Å². The van der Waals surface area contributed by atoms with Gasteiger partial charge in [-0.05, 0) is 43.2 Å². The molecular weight excluding hydrogens is 270 g/mol. The Morgan fingerprint density at radius 1 is 1.25 bits per heavy atom. The molecule has 0 atom stereocenters.